The molecule has 0 spiro atoms. The van der Waals surface area contributed by atoms with Gasteiger partial charge in [0.15, 0.2) is 0 Å². The third-order valence-electron chi connectivity index (χ3n) is 1.62. The minimum Gasteiger partial charge on any atom is -0.376 e. The first-order valence-corrected chi connectivity index (χ1v) is 6.39. The van der Waals surface area contributed by atoms with Crippen LogP contribution in [0.2, 0.25) is 0 Å². The van der Waals surface area contributed by atoms with Crippen LogP contribution in [0.15, 0.2) is 18.2 Å². The first-order valence-electron chi connectivity index (χ1n) is 3.90. The molecular weight excluding hydrogens is 360 g/mol. The van der Waals surface area contributed by atoms with Crippen LogP contribution in [0.4, 0.5) is 13.2 Å². The SMILES string of the molecule is Cc1cc(I)ccc1OS(=O)(=O)C(F)(F)F. The summed E-state index contributed by atoms with van der Waals surface area (Å²) in [7, 11) is -5.59. The van der Waals surface area contributed by atoms with Crippen molar-refractivity contribution < 1.29 is 25.8 Å². The summed E-state index contributed by atoms with van der Waals surface area (Å²) in [5.41, 5.74) is -5.10. The largest absolute Gasteiger partial charge is 0.534 e. The fourth-order valence-electron chi connectivity index (χ4n) is 0.872. The van der Waals surface area contributed by atoms with Gasteiger partial charge in [-0.2, -0.15) is 21.6 Å². The minimum absolute atomic E-state index is 0.319. The van der Waals surface area contributed by atoms with Crippen molar-refractivity contribution in [3.63, 3.8) is 0 Å². The summed E-state index contributed by atoms with van der Waals surface area (Å²) in [4.78, 5) is 0. The zero-order valence-electron chi connectivity index (χ0n) is 7.88. The second kappa shape index (κ2) is 4.40. The van der Waals surface area contributed by atoms with Gasteiger partial charge in [-0.3, -0.25) is 0 Å². The molecular formula is C8H6F3IO3S. The summed E-state index contributed by atoms with van der Waals surface area (Å²) in [6.07, 6.45) is 0. The standard InChI is InChI=1S/C8H6F3IO3S/c1-5-4-6(12)2-3-7(5)15-16(13,14)8(9,10)11/h2-4H,1H3. The van der Waals surface area contributed by atoms with Crippen molar-refractivity contribution in [2.24, 2.45) is 0 Å². The lowest BCUT2D eigenvalue weighted by molar-refractivity contribution is -0.0500. The molecule has 0 aliphatic carbocycles. The molecule has 1 aromatic rings. The highest BCUT2D eigenvalue weighted by atomic mass is 127. The highest BCUT2D eigenvalue weighted by Crippen LogP contribution is 2.29. The van der Waals surface area contributed by atoms with Crippen LogP contribution < -0.4 is 4.18 Å². The van der Waals surface area contributed by atoms with Crippen LogP contribution in [-0.2, 0) is 10.1 Å². The molecule has 3 nitrogen and oxygen atoms in total. The van der Waals surface area contributed by atoms with Crippen molar-refractivity contribution in [3.8, 4) is 5.75 Å². The average molecular weight is 366 g/mol. The Labute approximate surface area is 104 Å². The summed E-state index contributed by atoms with van der Waals surface area (Å²) in [6, 6.07) is 4.15. The van der Waals surface area contributed by atoms with Gasteiger partial charge in [0.05, 0.1) is 0 Å². The van der Waals surface area contributed by atoms with E-state index in [9.17, 15) is 21.6 Å². The Balaban J connectivity index is 3.07. The van der Waals surface area contributed by atoms with E-state index < -0.39 is 15.6 Å². The molecule has 1 rings (SSSR count). The first kappa shape index (κ1) is 13.6. The van der Waals surface area contributed by atoms with Crippen LogP contribution in [0.3, 0.4) is 0 Å². The summed E-state index contributed by atoms with van der Waals surface area (Å²) < 4.78 is 62.2. The molecule has 0 unspecified atom stereocenters. The highest BCUT2D eigenvalue weighted by molar-refractivity contribution is 14.1. The normalized spacial score (nSPS) is 12.6. The predicted molar refractivity (Wildman–Crippen MR) is 59.5 cm³/mol. The van der Waals surface area contributed by atoms with Crippen molar-refractivity contribution in [1.82, 2.24) is 0 Å². The zero-order chi connectivity index (χ0) is 12.6. The minimum atomic E-state index is -5.59. The Morgan fingerprint density at radius 3 is 2.31 bits per heavy atom. The smallest absolute Gasteiger partial charge is 0.376 e. The van der Waals surface area contributed by atoms with E-state index in [2.05, 4.69) is 4.18 Å². The quantitative estimate of drug-likeness (QED) is 0.459. The number of aryl methyl sites for hydroxylation is 1. The molecule has 0 aliphatic rings. The van der Waals surface area contributed by atoms with Gasteiger partial charge in [-0.1, -0.05) is 0 Å². The van der Waals surface area contributed by atoms with E-state index >= 15 is 0 Å². The van der Waals surface area contributed by atoms with Gasteiger partial charge < -0.3 is 4.18 Å². The van der Waals surface area contributed by atoms with Crippen molar-refractivity contribution in [2.45, 2.75) is 12.4 Å². The molecule has 0 amide bonds. The molecule has 0 radical (unpaired) electrons. The Hall–Kier alpha value is -0.510. The Kier molecular flexibility index (Phi) is 3.72. The fraction of sp³-hybridized carbons (Fsp3) is 0.250. The Morgan fingerprint density at radius 2 is 1.88 bits per heavy atom. The molecule has 1 aromatic carbocycles. The summed E-state index contributed by atoms with van der Waals surface area (Å²) in [6.45, 7) is 1.46. The maximum Gasteiger partial charge on any atom is 0.534 e. The lowest BCUT2D eigenvalue weighted by Gasteiger charge is -2.11. The molecule has 0 saturated carbocycles. The van der Waals surface area contributed by atoms with E-state index in [0.29, 0.717) is 5.56 Å². The van der Waals surface area contributed by atoms with Crippen LogP contribution in [0.25, 0.3) is 0 Å². The monoisotopic (exact) mass is 366 g/mol. The number of alkyl halides is 3. The number of halogens is 4. The topological polar surface area (TPSA) is 43.4 Å². The molecule has 0 aromatic heterocycles. The molecule has 0 atom stereocenters. The van der Waals surface area contributed by atoms with Gasteiger partial charge in [0.25, 0.3) is 0 Å². The van der Waals surface area contributed by atoms with E-state index in [4.69, 9.17) is 0 Å². The molecule has 16 heavy (non-hydrogen) atoms. The molecule has 0 fully saturated rings. The lowest BCUT2D eigenvalue weighted by atomic mass is 10.2. The van der Waals surface area contributed by atoms with Crippen LogP contribution in [0.5, 0.6) is 5.75 Å². The van der Waals surface area contributed by atoms with Gasteiger partial charge in [0.1, 0.15) is 5.75 Å². The number of benzene rings is 1. The van der Waals surface area contributed by atoms with E-state index in [1.54, 1.807) is 0 Å². The molecule has 0 heterocycles. The van der Waals surface area contributed by atoms with Crippen LogP contribution in [-0.4, -0.2) is 13.9 Å². The van der Waals surface area contributed by atoms with Crippen LogP contribution >= 0.6 is 22.6 Å². The van der Waals surface area contributed by atoms with Crippen LogP contribution in [0.1, 0.15) is 5.56 Å². The third-order valence-corrected chi connectivity index (χ3v) is 3.26. The second-order valence-corrected chi connectivity index (χ2v) is 5.68. The maximum absolute atomic E-state index is 12.0. The van der Waals surface area contributed by atoms with E-state index in [1.165, 1.54) is 25.1 Å². The number of rotatable bonds is 2. The van der Waals surface area contributed by atoms with Gasteiger partial charge in [0, 0.05) is 3.57 Å². The Bertz CT molecular complexity index is 496. The molecule has 0 aliphatic heterocycles. The van der Waals surface area contributed by atoms with E-state index in [-0.39, 0.29) is 5.75 Å². The molecule has 8 heteroatoms. The van der Waals surface area contributed by atoms with Crippen molar-refractivity contribution >= 4 is 32.7 Å². The van der Waals surface area contributed by atoms with Gasteiger partial charge in [-0.15, -0.1) is 0 Å². The van der Waals surface area contributed by atoms with Gasteiger partial charge in [-0.05, 0) is 53.3 Å². The first-order chi connectivity index (χ1) is 7.13. The third kappa shape index (κ3) is 3.00. The summed E-state index contributed by atoms with van der Waals surface area (Å²) in [5, 5.41) is 0. The molecule has 0 saturated heterocycles. The van der Waals surface area contributed by atoms with Gasteiger partial charge >= 0.3 is 15.6 Å². The molecule has 90 valence electrons. The maximum atomic E-state index is 12.0. The fourth-order valence-corrected chi connectivity index (χ4v) is 2.04. The van der Waals surface area contributed by atoms with Crippen molar-refractivity contribution in [1.29, 1.82) is 0 Å². The number of hydrogen-bond acceptors (Lipinski definition) is 3. The summed E-state index contributed by atoms with van der Waals surface area (Å²) in [5.74, 6) is -0.322. The zero-order valence-corrected chi connectivity index (χ0v) is 10.9. The number of hydrogen-bond donors (Lipinski definition) is 0. The van der Waals surface area contributed by atoms with Crippen LogP contribution in [0, 0.1) is 10.5 Å². The highest BCUT2D eigenvalue weighted by Gasteiger charge is 2.48. The van der Waals surface area contributed by atoms with Crippen molar-refractivity contribution in [2.75, 3.05) is 0 Å². The van der Waals surface area contributed by atoms with Crippen molar-refractivity contribution in [3.05, 3.63) is 27.3 Å². The van der Waals surface area contributed by atoms with E-state index in [0.717, 1.165) is 3.57 Å². The second-order valence-electron chi connectivity index (χ2n) is 2.89. The predicted octanol–water partition coefficient (Wildman–Crippen LogP) is 2.83. The van der Waals surface area contributed by atoms with Gasteiger partial charge in [0.2, 0.25) is 0 Å². The average Bonchev–Trinajstić information content (AvgIpc) is 2.08. The Morgan fingerprint density at radius 1 is 1.31 bits per heavy atom. The lowest BCUT2D eigenvalue weighted by Crippen LogP contribution is -2.28. The van der Waals surface area contributed by atoms with E-state index in [1.807, 2.05) is 22.6 Å². The van der Waals surface area contributed by atoms with Gasteiger partial charge in [-0.25, -0.2) is 0 Å². The molecule has 0 N–H and O–H groups in total. The molecule has 0 bridgehead atoms. The summed E-state index contributed by atoms with van der Waals surface area (Å²) >= 11 is 1.95.